The molecular formula is C11H19N3O3S. The van der Waals surface area contributed by atoms with Crippen LogP contribution in [0.5, 0.6) is 0 Å². The van der Waals surface area contributed by atoms with E-state index in [9.17, 15) is 8.42 Å². The van der Waals surface area contributed by atoms with Crippen molar-refractivity contribution >= 4 is 10.2 Å². The van der Waals surface area contributed by atoms with Gasteiger partial charge in [-0.15, -0.1) is 0 Å². The van der Waals surface area contributed by atoms with Gasteiger partial charge in [0.1, 0.15) is 0 Å². The third kappa shape index (κ3) is 5.09. The molecule has 0 aliphatic heterocycles. The lowest BCUT2D eigenvalue weighted by atomic mass is 10.3. The third-order valence-corrected chi connectivity index (χ3v) is 4.01. The summed E-state index contributed by atoms with van der Waals surface area (Å²) in [7, 11) is -1.97. The standard InChI is InChI=1S/C11H19N3O3S/c1-14(9-4-10-15)18(16,17)13-8-6-11-5-2-3-7-12-11/h2-3,5,7,13,15H,4,6,8-10H2,1H3. The summed E-state index contributed by atoms with van der Waals surface area (Å²) in [6, 6.07) is 5.53. The third-order valence-electron chi connectivity index (χ3n) is 2.43. The van der Waals surface area contributed by atoms with Crippen LogP contribution in [0, 0.1) is 0 Å². The molecular weight excluding hydrogens is 254 g/mol. The van der Waals surface area contributed by atoms with Gasteiger partial charge in [-0.3, -0.25) is 4.98 Å². The van der Waals surface area contributed by atoms with E-state index in [1.54, 1.807) is 6.20 Å². The van der Waals surface area contributed by atoms with Crippen molar-refractivity contribution in [1.82, 2.24) is 14.0 Å². The Kier molecular flexibility index (Phi) is 6.20. The predicted molar refractivity (Wildman–Crippen MR) is 69.2 cm³/mol. The number of pyridine rings is 1. The van der Waals surface area contributed by atoms with E-state index in [0.717, 1.165) is 5.69 Å². The molecule has 0 amide bonds. The minimum Gasteiger partial charge on any atom is -0.396 e. The van der Waals surface area contributed by atoms with Crippen LogP contribution in [0.2, 0.25) is 0 Å². The molecule has 0 radical (unpaired) electrons. The Bertz CT molecular complexity index is 436. The zero-order valence-electron chi connectivity index (χ0n) is 10.4. The minimum atomic E-state index is -3.46. The molecule has 0 unspecified atom stereocenters. The predicted octanol–water partition coefficient (Wildman–Crippen LogP) is -0.227. The molecule has 1 aromatic rings. The molecule has 0 fully saturated rings. The maximum absolute atomic E-state index is 11.7. The van der Waals surface area contributed by atoms with Gasteiger partial charge in [-0.25, -0.2) is 4.72 Å². The van der Waals surface area contributed by atoms with Gasteiger partial charge in [-0.05, 0) is 18.6 Å². The van der Waals surface area contributed by atoms with Gasteiger partial charge in [0.2, 0.25) is 0 Å². The van der Waals surface area contributed by atoms with Crippen LogP contribution in [-0.4, -0.2) is 49.6 Å². The second kappa shape index (κ2) is 7.42. The monoisotopic (exact) mass is 273 g/mol. The summed E-state index contributed by atoms with van der Waals surface area (Å²) in [4.78, 5) is 4.11. The Labute approximate surface area is 108 Å². The van der Waals surface area contributed by atoms with Crippen LogP contribution in [0.25, 0.3) is 0 Å². The van der Waals surface area contributed by atoms with Gasteiger partial charge in [-0.1, -0.05) is 6.07 Å². The van der Waals surface area contributed by atoms with Crippen LogP contribution in [0.4, 0.5) is 0 Å². The molecule has 2 N–H and O–H groups in total. The van der Waals surface area contributed by atoms with Crippen molar-refractivity contribution in [2.75, 3.05) is 26.7 Å². The zero-order chi connectivity index (χ0) is 13.4. The molecule has 0 saturated heterocycles. The lowest BCUT2D eigenvalue weighted by Crippen LogP contribution is -2.39. The van der Waals surface area contributed by atoms with Gasteiger partial charge in [0.05, 0.1) is 0 Å². The molecule has 0 saturated carbocycles. The first-order valence-electron chi connectivity index (χ1n) is 5.78. The van der Waals surface area contributed by atoms with E-state index >= 15 is 0 Å². The fraction of sp³-hybridized carbons (Fsp3) is 0.545. The molecule has 6 nitrogen and oxygen atoms in total. The second-order valence-electron chi connectivity index (χ2n) is 3.87. The molecule has 1 aromatic heterocycles. The van der Waals surface area contributed by atoms with E-state index in [0.29, 0.717) is 25.9 Å². The molecule has 0 aromatic carbocycles. The van der Waals surface area contributed by atoms with E-state index in [4.69, 9.17) is 5.11 Å². The summed E-state index contributed by atoms with van der Waals surface area (Å²) >= 11 is 0. The first kappa shape index (κ1) is 15.0. The van der Waals surface area contributed by atoms with Crippen LogP contribution < -0.4 is 4.72 Å². The maximum atomic E-state index is 11.7. The lowest BCUT2D eigenvalue weighted by molar-refractivity contribution is 0.275. The van der Waals surface area contributed by atoms with Crippen LogP contribution in [0.15, 0.2) is 24.4 Å². The summed E-state index contributed by atoms with van der Waals surface area (Å²) in [5.41, 5.74) is 0.846. The number of hydrogen-bond acceptors (Lipinski definition) is 4. The topological polar surface area (TPSA) is 82.5 Å². The summed E-state index contributed by atoms with van der Waals surface area (Å²) in [5.74, 6) is 0. The number of hydrogen-bond donors (Lipinski definition) is 2. The molecule has 18 heavy (non-hydrogen) atoms. The number of nitrogens with zero attached hydrogens (tertiary/aromatic N) is 2. The van der Waals surface area contributed by atoms with Crippen LogP contribution in [0.1, 0.15) is 12.1 Å². The van der Waals surface area contributed by atoms with Crippen LogP contribution in [0.3, 0.4) is 0 Å². The van der Waals surface area contributed by atoms with E-state index < -0.39 is 10.2 Å². The first-order chi connectivity index (χ1) is 8.56. The Hall–Kier alpha value is -1.02. The summed E-state index contributed by atoms with van der Waals surface area (Å²) in [6.07, 6.45) is 2.66. The van der Waals surface area contributed by atoms with Gasteiger partial charge in [0, 0.05) is 45.1 Å². The molecule has 0 aliphatic carbocycles. The van der Waals surface area contributed by atoms with Gasteiger partial charge in [-0.2, -0.15) is 12.7 Å². The van der Waals surface area contributed by atoms with Gasteiger partial charge < -0.3 is 5.11 Å². The molecule has 1 heterocycles. The van der Waals surface area contributed by atoms with E-state index in [1.807, 2.05) is 18.2 Å². The van der Waals surface area contributed by atoms with Gasteiger partial charge in [0.15, 0.2) is 0 Å². The average molecular weight is 273 g/mol. The molecule has 7 heteroatoms. The number of aliphatic hydroxyl groups is 1. The highest BCUT2D eigenvalue weighted by Gasteiger charge is 2.15. The Balaban J connectivity index is 2.38. The highest BCUT2D eigenvalue weighted by atomic mass is 32.2. The SMILES string of the molecule is CN(CCCO)S(=O)(=O)NCCc1ccccn1. The van der Waals surface area contributed by atoms with Crippen molar-refractivity contribution < 1.29 is 13.5 Å². The number of nitrogens with one attached hydrogen (secondary N) is 1. The first-order valence-corrected chi connectivity index (χ1v) is 7.22. The summed E-state index contributed by atoms with van der Waals surface area (Å²) < 4.78 is 27.2. The molecule has 1 rings (SSSR count). The van der Waals surface area contributed by atoms with E-state index in [2.05, 4.69) is 9.71 Å². The van der Waals surface area contributed by atoms with Crippen molar-refractivity contribution in [2.24, 2.45) is 0 Å². The smallest absolute Gasteiger partial charge is 0.279 e. The summed E-state index contributed by atoms with van der Waals surface area (Å²) in [6.45, 7) is 0.589. The largest absolute Gasteiger partial charge is 0.396 e. The highest BCUT2D eigenvalue weighted by Crippen LogP contribution is 1.97. The fourth-order valence-electron chi connectivity index (χ4n) is 1.38. The van der Waals surface area contributed by atoms with Crippen molar-refractivity contribution in [3.63, 3.8) is 0 Å². The minimum absolute atomic E-state index is 0.0200. The van der Waals surface area contributed by atoms with Crippen molar-refractivity contribution in [3.8, 4) is 0 Å². The maximum Gasteiger partial charge on any atom is 0.279 e. The van der Waals surface area contributed by atoms with Crippen LogP contribution in [-0.2, 0) is 16.6 Å². The Morgan fingerprint density at radius 2 is 2.22 bits per heavy atom. The van der Waals surface area contributed by atoms with Crippen molar-refractivity contribution in [2.45, 2.75) is 12.8 Å². The lowest BCUT2D eigenvalue weighted by Gasteiger charge is -2.16. The quantitative estimate of drug-likeness (QED) is 0.685. The molecule has 0 aliphatic rings. The van der Waals surface area contributed by atoms with Gasteiger partial charge >= 0.3 is 0 Å². The fourth-order valence-corrected chi connectivity index (χ4v) is 2.33. The molecule has 0 atom stereocenters. The number of aromatic nitrogens is 1. The average Bonchev–Trinajstić information content (AvgIpc) is 2.37. The second-order valence-corrected chi connectivity index (χ2v) is 5.73. The van der Waals surface area contributed by atoms with Crippen molar-refractivity contribution in [3.05, 3.63) is 30.1 Å². The molecule has 102 valence electrons. The van der Waals surface area contributed by atoms with Crippen LogP contribution >= 0.6 is 0 Å². The van der Waals surface area contributed by atoms with E-state index in [-0.39, 0.29) is 6.61 Å². The Morgan fingerprint density at radius 1 is 1.44 bits per heavy atom. The Morgan fingerprint density at radius 3 is 2.83 bits per heavy atom. The molecule has 0 spiro atoms. The summed E-state index contributed by atoms with van der Waals surface area (Å²) in [5, 5.41) is 8.66. The zero-order valence-corrected chi connectivity index (χ0v) is 11.2. The van der Waals surface area contributed by atoms with E-state index in [1.165, 1.54) is 11.4 Å². The van der Waals surface area contributed by atoms with Gasteiger partial charge in [0.25, 0.3) is 10.2 Å². The normalized spacial score (nSPS) is 11.9. The van der Waals surface area contributed by atoms with Crippen molar-refractivity contribution in [1.29, 1.82) is 0 Å². The number of rotatable bonds is 8. The number of aliphatic hydroxyl groups excluding tert-OH is 1. The molecule has 0 bridgehead atoms. The highest BCUT2D eigenvalue weighted by molar-refractivity contribution is 7.87.